The van der Waals surface area contributed by atoms with Crippen molar-refractivity contribution in [2.45, 2.75) is 52.0 Å². The predicted molar refractivity (Wildman–Crippen MR) is 133 cm³/mol. The minimum absolute atomic E-state index is 0.0502. The van der Waals surface area contributed by atoms with Crippen LogP contribution in [0.4, 0.5) is 23.2 Å². The zero-order chi connectivity index (χ0) is 28.3. The van der Waals surface area contributed by atoms with Crippen LogP contribution in [0.1, 0.15) is 38.8 Å². The van der Waals surface area contributed by atoms with E-state index in [4.69, 9.17) is 11.6 Å². The van der Waals surface area contributed by atoms with Gasteiger partial charge in [0.2, 0.25) is 21.8 Å². The van der Waals surface area contributed by atoms with Crippen LogP contribution in [0, 0.1) is 5.82 Å². The van der Waals surface area contributed by atoms with Crippen molar-refractivity contribution in [3.05, 3.63) is 64.4 Å². The number of carbonyl (C=O) groups is 2. The van der Waals surface area contributed by atoms with E-state index < -0.39 is 69.8 Å². The second-order valence-corrected chi connectivity index (χ2v) is 11.8. The lowest BCUT2D eigenvalue weighted by molar-refractivity contribution is -0.140. The summed E-state index contributed by atoms with van der Waals surface area (Å²) >= 11 is 6.03. The topological polar surface area (TPSA) is 86.8 Å². The number of halogens is 5. The molecule has 7 nitrogen and oxygen atoms in total. The van der Waals surface area contributed by atoms with Crippen LogP contribution >= 0.6 is 11.6 Å². The van der Waals surface area contributed by atoms with Crippen LogP contribution < -0.4 is 9.62 Å². The minimum Gasteiger partial charge on any atom is -0.350 e. The van der Waals surface area contributed by atoms with Gasteiger partial charge in [-0.15, -0.1) is 0 Å². The molecule has 0 saturated carbocycles. The summed E-state index contributed by atoms with van der Waals surface area (Å²) in [6.07, 6.45) is -4.10. The first kappa shape index (κ1) is 30.4. The molecule has 0 bridgehead atoms. The summed E-state index contributed by atoms with van der Waals surface area (Å²) in [6, 6.07) is 6.38. The maximum absolute atomic E-state index is 14.4. The first-order valence-electron chi connectivity index (χ1n) is 11.0. The lowest BCUT2D eigenvalue weighted by atomic mass is 10.1. The van der Waals surface area contributed by atoms with E-state index >= 15 is 0 Å². The molecular formula is C24H28ClF4N3O4S. The quantitative estimate of drug-likeness (QED) is 0.474. The van der Waals surface area contributed by atoms with E-state index in [1.54, 1.807) is 20.8 Å². The van der Waals surface area contributed by atoms with E-state index in [2.05, 4.69) is 5.32 Å². The van der Waals surface area contributed by atoms with Gasteiger partial charge in [0.25, 0.3) is 0 Å². The van der Waals surface area contributed by atoms with Crippen molar-refractivity contribution < 1.29 is 35.6 Å². The van der Waals surface area contributed by atoms with Gasteiger partial charge >= 0.3 is 6.18 Å². The van der Waals surface area contributed by atoms with Crippen molar-refractivity contribution in [3.8, 4) is 0 Å². The molecule has 13 heteroatoms. The molecule has 1 atom stereocenters. The van der Waals surface area contributed by atoms with E-state index in [9.17, 15) is 35.6 Å². The first-order valence-corrected chi connectivity index (χ1v) is 13.2. The molecule has 0 radical (unpaired) electrons. The standard InChI is InChI=1S/C24H28ClF4N3O4S/c1-15(22(34)30-23(2,3)4)31(13-16-8-6-7-9-19(16)26)21(33)14-32(37(5,35)36)20-12-17(24(27,28)29)10-11-18(20)25/h6-12,15H,13-14H2,1-5H3,(H,30,34)/t15-/m1/s1. The summed E-state index contributed by atoms with van der Waals surface area (Å²) in [5.74, 6) is -2.22. The second kappa shape index (κ2) is 11.3. The Balaban J connectivity index is 2.53. The van der Waals surface area contributed by atoms with Gasteiger partial charge in [0.15, 0.2) is 0 Å². The fourth-order valence-corrected chi connectivity index (χ4v) is 4.46. The van der Waals surface area contributed by atoms with Gasteiger partial charge in [0.1, 0.15) is 18.4 Å². The Morgan fingerprint density at radius 2 is 1.68 bits per heavy atom. The van der Waals surface area contributed by atoms with Crippen LogP contribution in [-0.4, -0.2) is 49.5 Å². The molecule has 37 heavy (non-hydrogen) atoms. The molecule has 0 aromatic heterocycles. The molecule has 0 heterocycles. The molecule has 0 saturated heterocycles. The third-order valence-electron chi connectivity index (χ3n) is 5.19. The molecule has 0 aliphatic heterocycles. The van der Waals surface area contributed by atoms with Gasteiger partial charge in [0, 0.05) is 17.6 Å². The Morgan fingerprint density at radius 3 is 2.19 bits per heavy atom. The van der Waals surface area contributed by atoms with Gasteiger partial charge in [-0.05, 0) is 52.0 Å². The van der Waals surface area contributed by atoms with Gasteiger partial charge in [-0.25, -0.2) is 12.8 Å². The minimum atomic E-state index is -4.80. The largest absolute Gasteiger partial charge is 0.416 e. The fourth-order valence-electron chi connectivity index (χ4n) is 3.34. The number of nitrogens with one attached hydrogen (secondary N) is 1. The zero-order valence-corrected chi connectivity index (χ0v) is 22.4. The van der Waals surface area contributed by atoms with Crippen LogP contribution in [0.2, 0.25) is 5.02 Å². The molecule has 204 valence electrons. The van der Waals surface area contributed by atoms with E-state index in [1.165, 1.54) is 25.1 Å². The Kier molecular flexibility index (Phi) is 9.24. The monoisotopic (exact) mass is 565 g/mol. The van der Waals surface area contributed by atoms with Crippen LogP contribution in [0.25, 0.3) is 0 Å². The summed E-state index contributed by atoms with van der Waals surface area (Å²) in [5.41, 5.74) is -2.36. The van der Waals surface area contributed by atoms with E-state index in [0.29, 0.717) is 22.7 Å². The third kappa shape index (κ3) is 8.32. The number of alkyl halides is 3. The molecule has 0 unspecified atom stereocenters. The summed E-state index contributed by atoms with van der Waals surface area (Å²) < 4.78 is 79.9. The molecule has 0 aliphatic rings. The highest BCUT2D eigenvalue weighted by atomic mass is 35.5. The van der Waals surface area contributed by atoms with Gasteiger partial charge in [0.05, 0.1) is 22.5 Å². The molecule has 2 aromatic carbocycles. The van der Waals surface area contributed by atoms with Crippen LogP contribution in [0.3, 0.4) is 0 Å². The van der Waals surface area contributed by atoms with Gasteiger partial charge in [-0.3, -0.25) is 13.9 Å². The molecule has 1 N–H and O–H groups in total. The van der Waals surface area contributed by atoms with Crippen LogP contribution in [0.15, 0.2) is 42.5 Å². The zero-order valence-electron chi connectivity index (χ0n) is 20.9. The smallest absolute Gasteiger partial charge is 0.350 e. The summed E-state index contributed by atoms with van der Waals surface area (Å²) in [5, 5.41) is 2.36. The van der Waals surface area contributed by atoms with Crippen molar-refractivity contribution in [2.24, 2.45) is 0 Å². The number of hydrogen-bond acceptors (Lipinski definition) is 4. The van der Waals surface area contributed by atoms with E-state index in [0.717, 1.165) is 17.0 Å². The maximum atomic E-state index is 14.4. The molecule has 2 aromatic rings. The Hall–Kier alpha value is -2.86. The maximum Gasteiger partial charge on any atom is 0.416 e. The van der Waals surface area contributed by atoms with Crippen molar-refractivity contribution in [3.63, 3.8) is 0 Å². The number of sulfonamides is 1. The molecule has 0 spiro atoms. The number of nitrogens with zero attached hydrogens (tertiary/aromatic N) is 2. The Morgan fingerprint density at radius 1 is 1.08 bits per heavy atom. The van der Waals surface area contributed by atoms with Gasteiger partial charge < -0.3 is 10.2 Å². The highest BCUT2D eigenvalue weighted by molar-refractivity contribution is 7.92. The van der Waals surface area contributed by atoms with Gasteiger partial charge in [-0.1, -0.05) is 29.8 Å². The number of carbonyl (C=O) groups excluding carboxylic acids is 2. The van der Waals surface area contributed by atoms with Crippen LogP contribution in [-0.2, 0) is 32.3 Å². The normalized spacial score (nSPS) is 13.1. The van der Waals surface area contributed by atoms with Crippen molar-refractivity contribution in [1.29, 1.82) is 0 Å². The average Bonchev–Trinajstić information content (AvgIpc) is 2.74. The van der Waals surface area contributed by atoms with Crippen molar-refractivity contribution in [1.82, 2.24) is 10.2 Å². The lowest BCUT2D eigenvalue weighted by Crippen LogP contribution is -2.54. The highest BCUT2D eigenvalue weighted by Crippen LogP contribution is 2.36. The Bertz CT molecular complexity index is 1260. The Labute approximate surface area is 218 Å². The third-order valence-corrected chi connectivity index (χ3v) is 6.63. The highest BCUT2D eigenvalue weighted by Gasteiger charge is 2.35. The van der Waals surface area contributed by atoms with Crippen molar-refractivity contribution in [2.75, 3.05) is 17.1 Å². The fraction of sp³-hybridized carbons (Fsp3) is 0.417. The SMILES string of the molecule is C[C@H](C(=O)NC(C)(C)C)N(Cc1ccccc1F)C(=O)CN(c1cc(C(F)(F)F)ccc1Cl)S(C)(=O)=O. The number of anilines is 1. The van der Waals surface area contributed by atoms with E-state index in [-0.39, 0.29) is 10.6 Å². The summed E-state index contributed by atoms with van der Waals surface area (Å²) in [6.45, 7) is 5.12. The molecule has 2 amide bonds. The van der Waals surface area contributed by atoms with E-state index in [1.807, 2.05) is 0 Å². The average molecular weight is 566 g/mol. The number of hydrogen-bond donors (Lipinski definition) is 1. The van der Waals surface area contributed by atoms with Crippen molar-refractivity contribution >= 4 is 39.1 Å². The van der Waals surface area contributed by atoms with Gasteiger partial charge in [-0.2, -0.15) is 13.2 Å². The molecule has 0 fully saturated rings. The summed E-state index contributed by atoms with van der Waals surface area (Å²) in [7, 11) is -4.33. The van der Waals surface area contributed by atoms with Crippen LogP contribution in [0.5, 0.6) is 0 Å². The number of benzene rings is 2. The number of rotatable bonds is 8. The molecule has 2 rings (SSSR count). The predicted octanol–water partition coefficient (Wildman–Crippen LogP) is 4.60. The second-order valence-electron chi connectivity index (χ2n) is 9.46. The lowest BCUT2D eigenvalue weighted by Gasteiger charge is -2.33. The first-order chi connectivity index (χ1) is 16.8. The number of amides is 2. The molecule has 0 aliphatic carbocycles. The molecular weight excluding hydrogens is 538 g/mol. The summed E-state index contributed by atoms with van der Waals surface area (Å²) in [4.78, 5) is 27.3.